The van der Waals surface area contributed by atoms with Crippen molar-refractivity contribution in [2.75, 3.05) is 12.4 Å². The summed E-state index contributed by atoms with van der Waals surface area (Å²) in [5.74, 6) is 0.178. The molecular formula is C18H14ClIN2O2. The summed E-state index contributed by atoms with van der Waals surface area (Å²) in [7, 11) is 1.57. The van der Waals surface area contributed by atoms with Crippen LogP contribution in [0.2, 0.25) is 5.02 Å². The number of carbonyl (C=O) groups is 1. The van der Waals surface area contributed by atoms with E-state index in [0.29, 0.717) is 22.0 Å². The van der Waals surface area contributed by atoms with Gasteiger partial charge in [0.05, 0.1) is 7.11 Å². The number of nitrogens with one attached hydrogen (secondary N) is 1. The molecule has 0 unspecified atom stereocenters. The zero-order valence-electron chi connectivity index (χ0n) is 13.1. The average molecular weight is 453 g/mol. The van der Waals surface area contributed by atoms with E-state index in [1.165, 1.54) is 6.08 Å². The molecule has 2 rings (SSSR count). The first-order valence-electron chi connectivity index (χ1n) is 6.97. The van der Waals surface area contributed by atoms with Crippen molar-refractivity contribution in [1.29, 1.82) is 5.26 Å². The smallest absolute Gasteiger partial charge is 0.266 e. The van der Waals surface area contributed by atoms with Crippen molar-refractivity contribution in [2.45, 2.75) is 6.92 Å². The van der Waals surface area contributed by atoms with Gasteiger partial charge in [-0.3, -0.25) is 4.79 Å². The Morgan fingerprint density at radius 2 is 2.08 bits per heavy atom. The highest BCUT2D eigenvalue weighted by atomic mass is 127. The maximum Gasteiger partial charge on any atom is 0.266 e. The summed E-state index contributed by atoms with van der Waals surface area (Å²) in [5, 5.41) is 12.5. The number of ether oxygens (including phenoxy) is 1. The lowest BCUT2D eigenvalue weighted by atomic mass is 10.1. The van der Waals surface area contributed by atoms with E-state index >= 15 is 0 Å². The van der Waals surface area contributed by atoms with Gasteiger partial charge in [-0.15, -0.1) is 0 Å². The molecular weight excluding hydrogens is 439 g/mol. The lowest BCUT2D eigenvalue weighted by Gasteiger charge is -2.08. The monoisotopic (exact) mass is 452 g/mol. The predicted octanol–water partition coefficient (Wildman–Crippen LogP) is 4.81. The van der Waals surface area contributed by atoms with Gasteiger partial charge >= 0.3 is 0 Å². The third kappa shape index (κ3) is 4.73. The number of nitrogens with zero attached hydrogens (tertiary/aromatic N) is 1. The summed E-state index contributed by atoms with van der Waals surface area (Å²) in [5.41, 5.74) is 2.15. The molecule has 122 valence electrons. The number of anilines is 1. The minimum Gasteiger partial charge on any atom is -0.497 e. The van der Waals surface area contributed by atoms with Crippen molar-refractivity contribution in [2.24, 2.45) is 0 Å². The molecule has 0 saturated carbocycles. The Labute approximate surface area is 159 Å². The second-order valence-electron chi connectivity index (χ2n) is 5.01. The molecule has 1 amide bonds. The molecule has 0 fully saturated rings. The van der Waals surface area contributed by atoms with Crippen LogP contribution in [0.25, 0.3) is 6.08 Å². The minimum atomic E-state index is -0.485. The molecule has 4 nitrogen and oxygen atoms in total. The fourth-order valence-electron chi connectivity index (χ4n) is 2.02. The van der Waals surface area contributed by atoms with Gasteiger partial charge in [0, 0.05) is 14.3 Å². The molecule has 6 heteroatoms. The number of benzene rings is 2. The SMILES string of the molecule is COc1cc(I)cc(/C=C(\C#N)C(=O)Nc2cc(Cl)ccc2C)c1. The number of methoxy groups -OCH3 is 1. The normalized spacial score (nSPS) is 10.9. The fraction of sp³-hybridized carbons (Fsp3) is 0.111. The van der Waals surface area contributed by atoms with Gasteiger partial charge in [0.25, 0.3) is 5.91 Å². The first-order valence-corrected chi connectivity index (χ1v) is 8.42. The summed E-state index contributed by atoms with van der Waals surface area (Å²) in [6, 6.07) is 12.6. The largest absolute Gasteiger partial charge is 0.497 e. The van der Waals surface area contributed by atoms with Crippen LogP contribution >= 0.6 is 34.2 Å². The number of carbonyl (C=O) groups excluding carboxylic acids is 1. The number of amides is 1. The Balaban J connectivity index is 2.31. The van der Waals surface area contributed by atoms with Gasteiger partial charge in [0.15, 0.2) is 0 Å². The van der Waals surface area contributed by atoms with Crippen LogP contribution in [0, 0.1) is 21.8 Å². The van der Waals surface area contributed by atoms with E-state index in [0.717, 1.165) is 9.13 Å². The minimum absolute atomic E-state index is 0.00146. The Morgan fingerprint density at radius 3 is 2.75 bits per heavy atom. The summed E-state index contributed by atoms with van der Waals surface area (Å²) in [4.78, 5) is 12.4. The highest BCUT2D eigenvalue weighted by Gasteiger charge is 2.12. The van der Waals surface area contributed by atoms with Gasteiger partial charge in [-0.1, -0.05) is 17.7 Å². The number of nitriles is 1. The molecule has 0 saturated heterocycles. The zero-order valence-corrected chi connectivity index (χ0v) is 16.0. The molecule has 1 N–H and O–H groups in total. The lowest BCUT2D eigenvalue weighted by Crippen LogP contribution is -2.14. The van der Waals surface area contributed by atoms with E-state index in [-0.39, 0.29) is 5.57 Å². The van der Waals surface area contributed by atoms with E-state index < -0.39 is 5.91 Å². The number of hydrogen-bond donors (Lipinski definition) is 1. The fourth-order valence-corrected chi connectivity index (χ4v) is 2.86. The van der Waals surface area contributed by atoms with Crippen LogP contribution in [0.3, 0.4) is 0 Å². The third-order valence-electron chi connectivity index (χ3n) is 3.25. The highest BCUT2D eigenvalue weighted by Crippen LogP contribution is 2.23. The second-order valence-corrected chi connectivity index (χ2v) is 6.69. The van der Waals surface area contributed by atoms with Crippen LogP contribution in [0.5, 0.6) is 5.75 Å². The first kappa shape index (κ1) is 18.3. The van der Waals surface area contributed by atoms with Crippen molar-refractivity contribution in [3.05, 3.63) is 61.7 Å². The molecule has 24 heavy (non-hydrogen) atoms. The Morgan fingerprint density at radius 1 is 1.33 bits per heavy atom. The van der Waals surface area contributed by atoms with E-state index in [9.17, 15) is 10.1 Å². The maximum atomic E-state index is 12.4. The van der Waals surface area contributed by atoms with Crippen LogP contribution in [-0.4, -0.2) is 13.0 Å². The van der Waals surface area contributed by atoms with E-state index in [2.05, 4.69) is 27.9 Å². The van der Waals surface area contributed by atoms with Crippen molar-refractivity contribution in [3.63, 3.8) is 0 Å². The molecule has 0 bridgehead atoms. The number of aryl methyl sites for hydroxylation is 1. The van der Waals surface area contributed by atoms with E-state index in [1.54, 1.807) is 31.4 Å². The molecule has 0 aliphatic carbocycles. The van der Waals surface area contributed by atoms with Crippen LogP contribution < -0.4 is 10.1 Å². The Kier molecular flexibility index (Phi) is 6.23. The summed E-state index contributed by atoms with van der Waals surface area (Å²) >= 11 is 8.10. The molecule has 0 atom stereocenters. The molecule has 0 aromatic heterocycles. The first-order chi connectivity index (χ1) is 11.4. The third-order valence-corrected chi connectivity index (χ3v) is 4.11. The van der Waals surface area contributed by atoms with E-state index in [1.807, 2.05) is 25.1 Å². The summed E-state index contributed by atoms with van der Waals surface area (Å²) in [6.07, 6.45) is 1.53. The van der Waals surface area contributed by atoms with Gasteiger partial charge in [-0.25, -0.2) is 0 Å². The van der Waals surface area contributed by atoms with Gasteiger partial charge < -0.3 is 10.1 Å². The van der Waals surface area contributed by atoms with Crippen LogP contribution in [0.4, 0.5) is 5.69 Å². The second kappa shape index (κ2) is 8.18. The number of halogens is 2. The van der Waals surface area contributed by atoms with Gasteiger partial charge in [-0.2, -0.15) is 5.26 Å². The Hall–Kier alpha value is -2.04. The molecule has 0 radical (unpaired) electrons. The maximum absolute atomic E-state index is 12.4. The van der Waals surface area contributed by atoms with Crippen LogP contribution in [0.1, 0.15) is 11.1 Å². The van der Waals surface area contributed by atoms with Crippen LogP contribution in [-0.2, 0) is 4.79 Å². The summed E-state index contributed by atoms with van der Waals surface area (Å²) < 4.78 is 6.15. The van der Waals surface area contributed by atoms with Crippen molar-refractivity contribution in [3.8, 4) is 11.8 Å². The van der Waals surface area contributed by atoms with Crippen LogP contribution in [0.15, 0.2) is 42.0 Å². The number of hydrogen-bond acceptors (Lipinski definition) is 3. The zero-order chi connectivity index (χ0) is 17.7. The molecule has 2 aromatic rings. The average Bonchev–Trinajstić information content (AvgIpc) is 2.55. The molecule has 0 spiro atoms. The highest BCUT2D eigenvalue weighted by molar-refractivity contribution is 14.1. The summed E-state index contributed by atoms with van der Waals surface area (Å²) in [6.45, 7) is 1.85. The topological polar surface area (TPSA) is 62.1 Å². The van der Waals surface area contributed by atoms with E-state index in [4.69, 9.17) is 16.3 Å². The number of rotatable bonds is 4. The predicted molar refractivity (Wildman–Crippen MR) is 104 cm³/mol. The molecule has 0 aliphatic heterocycles. The Bertz CT molecular complexity index is 857. The standard InChI is InChI=1S/C18H14ClIN2O2/c1-11-3-4-14(19)8-17(11)22-18(23)13(10-21)5-12-6-15(20)9-16(7-12)24-2/h3-9H,1-2H3,(H,22,23)/b13-5+. The van der Waals surface area contributed by atoms with Gasteiger partial charge in [0.1, 0.15) is 17.4 Å². The van der Waals surface area contributed by atoms with Gasteiger partial charge in [0.2, 0.25) is 0 Å². The van der Waals surface area contributed by atoms with Crippen molar-refractivity contribution >= 4 is 51.9 Å². The van der Waals surface area contributed by atoms with Gasteiger partial charge in [-0.05, 0) is 77.0 Å². The molecule has 0 aliphatic rings. The molecule has 0 heterocycles. The van der Waals surface area contributed by atoms with Crippen molar-refractivity contribution < 1.29 is 9.53 Å². The lowest BCUT2D eigenvalue weighted by molar-refractivity contribution is -0.112. The quantitative estimate of drug-likeness (QED) is 0.411. The molecule has 2 aromatic carbocycles. The van der Waals surface area contributed by atoms with Crippen molar-refractivity contribution in [1.82, 2.24) is 0 Å².